The molecule has 1 unspecified atom stereocenters. The molecule has 3 N–H and O–H groups in total. The summed E-state index contributed by atoms with van der Waals surface area (Å²) in [4.78, 5) is 8.12. The Labute approximate surface area is 71.5 Å². The summed E-state index contributed by atoms with van der Waals surface area (Å²) in [5.41, 5.74) is 6.26. The minimum Gasteiger partial charge on any atom is -0.396 e. The zero-order valence-corrected chi connectivity index (χ0v) is 7.07. The second-order valence-corrected chi connectivity index (χ2v) is 2.64. The summed E-state index contributed by atoms with van der Waals surface area (Å²) in [5.74, 6) is 0.645. The number of aliphatic hydroxyl groups excluding tert-OH is 1. The van der Waals surface area contributed by atoms with Crippen molar-refractivity contribution in [3.8, 4) is 0 Å². The fourth-order valence-corrected chi connectivity index (χ4v) is 0.991. The number of aromatic nitrogens is 2. The van der Waals surface area contributed by atoms with Crippen LogP contribution >= 0.6 is 0 Å². The molecule has 1 heterocycles. The van der Waals surface area contributed by atoms with Gasteiger partial charge in [0.2, 0.25) is 0 Å². The van der Waals surface area contributed by atoms with Gasteiger partial charge in [-0.25, -0.2) is 9.97 Å². The lowest BCUT2D eigenvalue weighted by Crippen LogP contribution is -2.17. The Morgan fingerprint density at radius 1 is 1.67 bits per heavy atom. The van der Waals surface area contributed by atoms with Crippen LogP contribution in [0.4, 0.5) is 0 Å². The van der Waals surface area contributed by atoms with Gasteiger partial charge in [-0.2, -0.15) is 0 Å². The maximum absolute atomic E-state index is 8.93. The third-order valence-electron chi connectivity index (χ3n) is 1.72. The van der Waals surface area contributed by atoms with E-state index in [-0.39, 0.29) is 12.5 Å². The van der Waals surface area contributed by atoms with Crippen LogP contribution in [0, 0.1) is 6.92 Å². The lowest BCUT2D eigenvalue weighted by molar-refractivity contribution is 0.265. The third kappa shape index (κ3) is 1.99. The van der Waals surface area contributed by atoms with E-state index in [1.54, 1.807) is 12.3 Å². The third-order valence-corrected chi connectivity index (χ3v) is 1.72. The molecule has 0 spiro atoms. The molecule has 0 saturated heterocycles. The Balaban J connectivity index is 2.85. The van der Waals surface area contributed by atoms with Crippen molar-refractivity contribution in [2.75, 3.05) is 13.2 Å². The van der Waals surface area contributed by atoms with Gasteiger partial charge in [-0.05, 0) is 13.0 Å². The smallest absolute Gasteiger partial charge is 0.125 e. The van der Waals surface area contributed by atoms with Crippen molar-refractivity contribution >= 4 is 0 Å². The predicted molar refractivity (Wildman–Crippen MR) is 45.7 cm³/mol. The summed E-state index contributed by atoms with van der Waals surface area (Å²) >= 11 is 0. The Morgan fingerprint density at radius 3 is 2.92 bits per heavy atom. The van der Waals surface area contributed by atoms with Gasteiger partial charge in [0.05, 0.1) is 12.3 Å². The molecule has 66 valence electrons. The van der Waals surface area contributed by atoms with Gasteiger partial charge in [0.15, 0.2) is 0 Å². The standard InChI is InChI=1S/C8H13N3O/c1-6-10-3-2-8(11-6)7(4-9)5-12/h2-3,7,12H,4-5,9H2,1H3. The number of rotatable bonds is 3. The van der Waals surface area contributed by atoms with Crippen LogP contribution in [0.1, 0.15) is 17.4 Å². The van der Waals surface area contributed by atoms with Crippen LogP contribution < -0.4 is 5.73 Å². The monoisotopic (exact) mass is 167 g/mol. The van der Waals surface area contributed by atoms with Crippen molar-refractivity contribution in [3.63, 3.8) is 0 Å². The SMILES string of the molecule is Cc1nccc(C(CN)CO)n1. The first-order valence-corrected chi connectivity index (χ1v) is 3.88. The van der Waals surface area contributed by atoms with E-state index in [1.807, 2.05) is 6.92 Å². The Bertz CT molecular complexity index is 248. The van der Waals surface area contributed by atoms with Crippen molar-refractivity contribution in [3.05, 3.63) is 23.8 Å². The average Bonchev–Trinajstić information content (AvgIpc) is 2.07. The number of nitrogens with two attached hydrogens (primary N) is 1. The van der Waals surface area contributed by atoms with E-state index in [0.29, 0.717) is 12.4 Å². The number of hydrogen-bond donors (Lipinski definition) is 2. The van der Waals surface area contributed by atoms with E-state index in [0.717, 1.165) is 5.69 Å². The van der Waals surface area contributed by atoms with Crippen molar-refractivity contribution in [2.24, 2.45) is 5.73 Å². The number of hydrogen-bond acceptors (Lipinski definition) is 4. The van der Waals surface area contributed by atoms with Gasteiger partial charge < -0.3 is 10.8 Å². The van der Waals surface area contributed by atoms with Crippen molar-refractivity contribution in [2.45, 2.75) is 12.8 Å². The van der Waals surface area contributed by atoms with E-state index in [2.05, 4.69) is 9.97 Å². The van der Waals surface area contributed by atoms with Gasteiger partial charge in [0, 0.05) is 18.7 Å². The summed E-state index contributed by atoms with van der Waals surface area (Å²) < 4.78 is 0. The molecule has 0 aliphatic heterocycles. The topological polar surface area (TPSA) is 72.0 Å². The minimum atomic E-state index is -0.0632. The second kappa shape index (κ2) is 4.13. The van der Waals surface area contributed by atoms with E-state index < -0.39 is 0 Å². The van der Waals surface area contributed by atoms with E-state index in [1.165, 1.54) is 0 Å². The molecular weight excluding hydrogens is 154 g/mol. The van der Waals surface area contributed by atoms with Crippen LogP contribution in [0.5, 0.6) is 0 Å². The zero-order valence-electron chi connectivity index (χ0n) is 7.07. The highest BCUT2D eigenvalue weighted by atomic mass is 16.3. The second-order valence-electron chi connectivity index (χ2n) is 2.64. The molecule has 0 aliphatic carbocycles. The summed E-state index contributed by atoms with van der Waals surface area (Å²) in [6.07, 6.45) is 1.68. The molecule has 4 nitrogen and oxygen atoms in total. The molecule has 0 saturated carbocycles. The van der Waals surface area contributed by atoms with Crippen molar-refractivity contribution in [1.82, 2.24) is 9.97 Å². The van der Waals surface area contributed by atoms with Gasteiger partial charge in [-0.15, -0.1) is 0 Å². The van der Waals surface area contributed by atoms with Crippen molar-refractivity contribution in [1.29, 1.82) is 0 Å². The van der Waals surface area contributed by atoms with Gasteiger partial charge in [0.25, 0.3) is 0 Å². The Kier molecular flexibility index (Phi) is 3.13. The van der Waals surface area contributed by atoms with Gasteiger partial charge in [0.1, 0.15) is 5.82 Å². The molecule has 4 heteroatoms. The van der Waals surface area contributed by atoms with Crippen LogP contribution in [0.3, 0.4) is 0 Å². The van der Waals surface area contributed by atoms with E-state index in [4.69, 9.17) is 10.8 Å². The Morgan fingerprint density at radius 2 is 2.42 bits per heavy atom. The first-order valence-electron chi connectivity index (χ1n) is 3.88. The van der Waals surface area contributed by atoms with E-state index in [9.17, 15) is 0 Å². The molecule has 0 aromatic carbocycles. The first kappa shape index (κ1) is 9.09. The molecule has 0 radical (unpaired) electrons. The van der Waals surface area contributed by atoms with Gasteiger partial charge in [-0.3, -0.25) is 0 Å². The molecule has 0 aliphatic rings. The first-order chi connectivity index (χ1) is 5.77. The van der Waals surface area contributed by atoms with Crippen LogP contribution in [-0.2, 0) is 0 Å². The lowest BCUT2D eigenvalue weighted by atomic mass is 10.1. The lowest BCUT2D eigenvalue weighted by Gasteiger charge is -2.10. The molecule has 0 amide bonds. The highest BCUT2D eigenvalue weighted by Crippen LogP contribution is 2.09. The maximum Gasteiger partial charge on any atom is 0.125 e. The zero-order chi connectivity index (χ0) is 8.97. The summed E-state index contributed by atoms with van der Waals surface area (Å²) in [6, 6.07) is 1.78. The van der Waals surface area contributed by atoms with Crippen LogP contribution in [0.25, 0.3) is 0 Å². The largest absolute Gasteiger partial charge is 0.396 e. The molecule has 1 aromatic heterocycles. The highest BCUT2D eigenvalue weighted by Gasteiger charge is 2.09. The minimum absolute atomic E-state index is 0.0347. The molecule has 1 rings (SSSR count). The van der Waals surface area contributed by atoms with Gasteiger partial charge in [-0.1, -0.05) is 0 Å². The van der Waals surface area contributed by atoms with E-state index >= 15 is 0 Å². The summed E-state index contributed by atoms with van der Waals surface area (Å²) in [6.45, 7) is 2.26. The predicted octanol–water partition coefficient (Wildman–Crippen LogP) is -0.180. The molecular formula is C8H13N3O. The van der Waals surface area contributed by atoms with Gasteiger partial charge >= 0.3 is 0 Å². The number of nitrogens with zero attached hydrogens (tertiary/aromatic N) is 2. The highest BCUT2D eigenvalue weighted by molar-refractivity contribution is 5.08. The molecule has 1 aromatic rings. The van der Waals surface area contributed by atoms with Crippen LogP contribution in [-0.4, -0.2) is 28.2 Å². The summed E-state index contributed by atoms with van der Waals surface area (Å²) in [5, 5.41) is 8.93. The molecule has 0 fully saturated rings. The number of aliphatic hydroxyl groups is 1. The van der Waals surface area contributed by atoms with Crippen molar-refractivity contribution < 1.29 is 5.11 Å². The fourth-order valence-electron chi connectivity index (χ4n) is 0.991. The number of aryl methyl sites for hydroxylation is 1. The summed E-state index contributed by atoms with van der Waals surface area (Å²) in [7, 11) is 0. The molecule has 1 atom stereocenters. The maximum atomic E-state index is 8.93. The molecule has 12 heavy (non-hydrogen) atoms. The normalized spacial score (nSPS) is 12.9. The Hall–Kier alpha value is -1.00. The van der Waals surface area contributed by atoms with Crippen LogP contribution in [0.2, 0.25) is 0 Å². The van der Waals surface area contributed by atoms with Crippen LogP contribution in [0.15, 0.2) is 12.3 Å². The molecule has 0 bridgehead atoms. The fraction of sp³-hybridized carbons (Fsp3) is 0.500. The quantitative estimate of drug-likeness (QED) is 0.655. The average molecular weight is 167 g/mol.